The predicted octanol–water partition coefficient (Wildman–Crippen LogP) is 3.33. The number of fused-ring (bicyclic) bond motifs is 1. The Balaban J connectivity index is 1.74. The van der Waals surface area contributed by atoms with E-state index in [-0.39, 0.29) is 5.91 Å². The number of methoxy groups -OCH3 is 2. The summed E-state index contributed by atoms with van der Waals surface area (Å²) in [6, 6.07) is 6.62. The largest absolute Gasteiger partial charge is 0.495 e. The molecule has 29 heavy (non-hydrogen) atoms. The molecule has 1 aliphatic heterocycles. The number of hydrogen-bond acceptors (Lipinski definition) is 8. The zero-order chi connectivity index (χ0) is 20.5. The van der Waals surface area contributed by atoms with Crippen molar-refractivity contribution in [1.29, 1.82) is 0 Å². The molecule has 150 valence electrons. The molecule has 11 heteroatoms. The van der Waals surface area contributed by atoms with Crippen molar-refractivity contribution in [3.05, 3.63) is 50.8 Å². The van der Waals surface area contributed by atoms with E-state index in [0.717, 1.165) is 4.88 Å². The lowest BCUT2D eigenvalue weighted by Crippen LogP contribution is -2.31. The van der Waals surface area contributed by atoms with Crippen molar-refractivity contribution in [3.8, 4) is 11.5 Å². The first-order valence-corrected chi connectivity index (χ1v) is 9.81. The Labute approximate surface area is 175 Å². The molecule has 0 saturated heterocycles. The van der Waals surface area contributed by atoms with Crippen molar-refractivity contribution in [1.82, 2.24) is 20.2 Å². The van der Waals surface area contributed by atoms with Crippen LogP contribution < -0.4 is 20.1 Å². The van der Waals surface area contributed by atoms with Crippen LogP contribution in [-0.4, -0.2) is 40.3 Å². The van der Waals surface area contributed by atoms with E-state index in [1.54, 1.807) is 16.8 Å². The van der Waals surface area contributed by atoms with Crippen molar-refractivity contribution < 1.29 is 14.3 Å². The molecule has 0 radical (unpaired) electrons. The molecule has 1 atom stereocenters. The zero-order valence-electron chi connectivity index (χ0n) is 15.8. The summed E-state index contributed by atoms with van der Waals surface area (Å²) in [6.07, 6.45) is 0. The van der Waals surface area contributed by atoms with E-state index >= 15 is 0 Å². The van der Waals surface area contributed by atoms with Crippen LogP contribution in [0.2, 0.25) is 5.02 Å². The molecule has 9 nitrogen and oxygen atoms in total. The highest BCUT2D eigenvalue weighted by atomic mass is 35.5. The summed E-state index contributed by atoms with van der Waals surface area (Å²) in [4.78, 5) is 14.3. The predicted molar refractivity (Wildman–Crippen MR) is 110 cm³/mol. The maximum absolute atomic E-state index is 13.4. The van der Waals surface area contributed by atoms with Crippen molar-refractivity contribution in [2.75, 3.05) is 24.9 Å². The highest BCUT2D eigenvalue weighted by Gasteiger charge is 2.35. The lowest BCUT2D eigenvalue weighted by molar-refractivity contribution is -0.113. The van der Waals surface area contributed by atoms with Gasteiger partial charge >= 0.3 is 0 Å². The second-order valence-corrected chi connectivity index (χ2v) is 7.56. The Kier molecular flexibility index (Phi) is 5.12. The molecule has 1 aliphatic rings. The Bertz CT molecular complexity index is 1100. The van der Waals surface area contributed by atoms with Gasteiger partial charge in [0.25, 0.3) is 5.91 Å². The fourth-order valence-electron chi connectivity index (χ4n) is 3.16. The number of nitrogens with zero attached hydrogens (tertiary/aromatic N) is 4. The highest BCUT2D eigenvalue weighted by Crippen LogP contribution is 2.39. The normalized spacial score (nSPS) is 15.5. The number of nitrogens with one attached hydrogen (secondary N) is 2. The number of carbonyl (C=O) groups is 1. The van der Waals surface area contributed by atoms with Gasteiger partial charge in [0, 0.05) is 22.7 Å². The minimum absolute atomic E-state index is 0.322. The highest BCUT2D eigenvalue weighted by molar-refractivity contribution is 7.10. The number of ether oxygens (including phenoxy) is 2. The average molecular weight is 433 g/mol. The topological polar surface area (TPSA) is 103 Å². The first-order valence-electron chi connectivity index (χ1n) is 8.55. The smallest absolute Gasteiger partial charge is 0.256 e. The summed E-state index contributed by atoms with van der Waals surface area (Å²) in [7, 11) is 3.01. The molecule has 0 bridgehead atoms. The van der Waals surface area contributed by atoms with Gasteiger partial charge < -0.3 is 20.1 Å². The Morgan fingerprint density at radius 3 is 2.79 bits per heavy atom. The lowest BCUT2D eigenvalue weighted by atomic mass is 10.0. The molecule has 3 heterocycles. The number of anilines is 2. The number of thiophene rings is 1. The number of carbonyl (C=O) groups excluding carboxylic acids is 1. The first kappa shape index (κ1) is 19.2. The minimum atomic E-state index is -0.457. The number of tetrazole rings is 1. The molecule has 0 aliphatic carbocycles. The second-order valence-electron chi connectivity index (χ2n) is 6.17. The Hall–Kier alpha value is -3.11. The summed E-state index contributed by atoms with van der Waals surface area (Å²) in [5.41, 5.74) is 1.58. The van der Waals surface area contributed by atoms with E-state index in [4.69, 9.17) is 21.1 Å². The number of amides is 1. The monoisotopic (exact) mass is 432 g/mol. The van der Waals surface area contributed by atoms with Crippen LogP contribution in [0.15, 0.2) is 40.9 Å². The molecule has 4 rings (SSSR count). The van der Waals surface area contributed by atoms with Crippen LogP contribution in [0.25, 0.3) is 0 Å². The molecule has 1 amide bonds. The number of hydrogen-bond donors (Lipinski definition) is 2. The van der Waals surface area contributed by atoms with E-state index in [1.165, 1.54) is 25.6 Å². The second kappa shape index (κ2) is 7.72. The molecular formula is C18H17ClN6O3S. The lowest BCUT2D eigenvalue weighted by Gasteiger charge is -2.27. The number of benzene rings is 1. The number of halogens is 1. The van der Waals surface area contributed by atoms with Gasteiger partial charge in [0.2, 0.25) is 5.95 Å². The number of rotatable bonds is 5. The van der Waals surface area contributed by atoms with Crippen LogP contribution in [-0.2, 0) is 4.79 Å². The Morgan fingerprint density at radius 1 is 1.31 bits per heavy atom. The third kappa shape index (κ3) is 3.40. The third-order valence-electron chi connectivity index (χ3n) is 4.49. The standard InChI is InChI=1S/C18H17ClN6O3S/c1-9-15(16(14-5-4-6-29-14)25-18(20-9)22-23-24-25)17(26)21-11-8-12(27-2)10(19)7-13(11)28-3/h4-8,16H,1-3H3,(H,21,26)(H,20,22,24). The molecule has 0 fully saturated rings. The van der Waals surface area contributed by atoms with E-state index in [2.05, 4.69) is 26.2 Å². The zero-order valence-corrected chi connectivity index (χ0v) is 17.3. The number of aromatic nitrogens is 4. The molecule has 3 aromatic rings. The summed E-state index contributed by atoms with van der Waals surface area (Å²) in [6.45, 7) is 1.81. The summed E-state index contributed by atoms with van der Waals surface area (Å²) in [5, 5.41) is 20.1. The first-order chi connectivity index (χ1) is 14.0. The minimum Gasteiger partial charge on any atom is -0.495 e. The molecule has 2 aromatic heterocycles. The fourth-order valence-corrected chi connectivity index (χ4v) is 4.21. The van der Waals surface area contributed by atoms with Crippen LogP contribution in [0.4, 0.5) is 11.6 Å². The summed E-state index contributed by atoms with van der Waals surface area (Å²) < 4.78 is 12.2. The van der Waals surface area contributed by atoms with Gasteiger partial charge in [-0.05, 0) is 28.8 Å². The number of allylic oxidation sites excluding steroid dienone is 1. The molecule has 1 unspecified atom stereocenters. The van der Waals surface area contributed by atoms with Crippen LogP contribution in [0.1, 0.15) is 17.8 Å². The van der Waals surface area contributed by atoms with Gasteiger partial charge in [-0.2, -0.15) is 4.68 Å². The molecule has 0 spiro atoms. The SMILES string of the molecule is COc1cc(NC(=O)C2=C(C)Nc3nnnn3C2c2cccs2)c(OC)cc1Cl. The van der Waals surface area contributed by atoms with E-state index < -0.39 is 6.04 Å². The van der Waals surface area contributed by atoms with E-state index in [9.17, 15) is 4.79 Å². The average Bonchev–Trinajstić information content (AvgIpc) is 3.39. The van der Waals surface area contributed by atoms with Gasteiger partial charge in [-0.15, -0.1) is 11.3 Å². The summed E-state index contributed by atoms with van der Waals surface area (Å²) >= 11 is 7.68. The molecular weight excluding hydrogens is 416 g/mol. The Morgan fingerprint density at radius 2 is 2.10 bits per heavy atom. The third-order valence-corrected chi connectivity index (χ3v) is 5.71. The van der Waals surface area contributed by atoms with Crippen molar-refractivity contribution in [3.63, 3.8) is 0 Å². The van der Waals surface area contributed by atoms with Gasteiger partial charge in [0.15, 0.2) is 0 Å². The van der Waals surface area contributed by atoms with Gasteiger partial charge in [-0.25, -0.2) is 0 Å². The quantitative estimate of drug-likeness (QED) is 0.637. The van der Waals surface area contributed by atoms with Crippen LogP contribution in [0, 0.1) is 0 Å². The molecule has 1 aromatic carbocycles. The van der Waals surface area contributed by atoms with Crippen LogP contribution in [0.3, 0.4) is 0 Å². The van der Waals surface area contributed by atoms with Crippen molar-refractivity contribution in [2.24, 2.45) is 0 Å². The van der Waals surface area contributed by atoms with Crippen LogP contribution in [0.5, 0.6) is 11.5 Å². The van der Waals surface area contributed by atoms with E-state index in [1.807, 2.05) is 24.4 Å². The van der Waals surface area contributed by atoms with Crippen LogP contribution >= 0.6 is 22.9 Å². The van der Waals surface area contributed by atoms with Crippen molar-refractivity contribution >= 4 is 40.5 Å². The van der Waals surface area contributed by atoms with Gasteiger partial charge in [-0.3, -0.25) is 4.79 Å². The fraction of sp³-hybridized carbons (Fsp3) is 0.222. The van der Waals surface area contributed by atoms with Gasteiger partial charge in [0.1, 0.15) is 17.5 Å². The van der Waals surface area contributed by atoms with Crippen molar-refractivity contribution in [2.45, 2.75) is 13.0 Å². The molecule has 0 saturated carbocycles. The molecule has 2 N–H and O–H groups in total. The van der Waals surface area contributed by atoms with Gasteiger partial charge in [0.05, 0.1) is 30.5 Å². The maximum Gasteiger partial charge on any atom is 0.256 e. The van der Waals surface area contributed by atoms with Gasteiger partial charge in [-0.1, -0.05) is 22.8 Å². The summed E-state index contributed by atoms with van der Waals surface area (Å²) in [5.74, 6) is 0.996. The van der Waals surface area contributed by atoms with E-state index in [0.29, 0.717) is 39.4 Å². The maximum atomic E-state index is 13.4.